The lowest BCUT2D eigenvalue weighted by Crippen LogP contribution is -2.41. The normalized spacial score (nSPS) is 11.2. The van der Waals surface area contributed by atoms with Crippen LogP contribution in [0.25, 0.3) is 22.1 Å². The molecule has 0 aliphatic rings. The standard InChI is InChI=1S/C26H20ClN3O4/c27-18-10-12-19(13-11-18)28-22(31)16-30-23-20-8-4-5-9-21(20)34-24(23)25(32)29(26(30)33)15-14-17-6-2-1-3-7-17/h1-13H,14-16H2,(H,28,31). The molecule has 0 aliphatic heterocycles. The van der Waals surface area contributed by atoms with Crippen molar-refractivity contribution in [3.8, 4) is 0 Å². The van der Waals surface area contributed by atoms with Crippen LogP contribution in [-0.2, 0) is 24.3 Å². The zero-order valence-electron chi connectivity index (χ0n) is 18.0. The zero-order chi connectivity index (χ0) is 23.7. The summed E-state index contributed by atoms with van der Waals surface area (Å²) in [4.78, 5) is 39.6. The number of carbonyl (C=O) groups is 1. The number of rotatable bonds is 6. The number of hydrogen-bond acceptors (Lipinski definition) is 4. The van der Waals surface area contributed by atoms with E-state index < -0.39 is 17.2 Å². The minimum absolute atomic E-state index is 0.0492. The van der Waals surface area contributed by atoms with Crippen molar-refractivity contribution in [2.45, 2.75) is 19.5 Å². The van der Waals surface area contributed by atoms with Crippen LogP contribution in [-0.4, -0.2) is 15.0 Å². The van der Waals surface area contributed by atoms with Gasteiger partial charge in [0.25, 0.3) is 5.56 Å². The highest BCUT2D eigenvalue weighted by molar-refractivity contribution is 6.30. The fourth-order valence-corrected chi connectivity index (χ4v) is 4.13. The highest BCUT2D eigenvalue weighted by Gasteiger charge is 2.21. The Morgan fingerprint density at radius 1 is 0.882 bits per heavy atom. The van der Waals surface area contributed by atoms with Crippen molar-refractivity contribution < 1.29 is 9.21 Å². The lowest BCUT2D eigenvalue weighted by atomic mass is 10.1. The fourth-order valence-electron chi connectivity index (χ4n) is 4.00. The Morgan fingerprint density at radius 3 is 2.35 bits per heavy atom. The molecule has 8 heteroatoms. The van der Waals surface area contributed by atoms with Gasteiger partial charge in [-0.3, -0.25) is 18.7 Å². The second kappa shape index (κ2) is 9.03. The van der Waals surface area contributed by atoms with Crippen molar-refractivity contribution in [2.24, 2.45) is 0 Å². The lowest BCUT2D eigenvalue weighted by molar-refractivity contribution is -0.116. The molecule has 5 rings (SSSR count). The summed E-state index contributed by atoms with van der Waals surface area (Å²) in [6, 6.07) is 23.3. The van der Waals surface area contributed by atoms with Gasteiger partial charge < -0.3 is 9.73 Å². The number of halogens is 1. The summed E-state index contributed by atoms with van der Waals surface area (Å²) >= 11 is 5.91. The van der Waals surface area contributed by atoms with Crippen LogP contribution in [0.2, 0.25) is 5.02 Å². The van der Waals surface area contributed by atoms with Crippen molar-refractivity contribution in [3.05, 3.63) is 110 Å². The first kappa shape index (κ1) is 21.7. The Bertz CT molecular complexity index is 1620. The highest BCUT2D eigenvalue weighted by Crippen LogP contribution is 2.25. The third-order valence-corrected chi connectivity index (χ3v) is 5.89. The zero-order valence-corrected chi connectivity index (χ0v) is 18.8. The Morgan fingerprint density at radius 2 is 1.59 bits per heavy atom. The molecule has 3 aromatic carbocycles. The molecule has 2 heterocycles. The lowest BCUT2D eigenvalue weighted by Gasteiger charge is -2.12. The summed E-state index contributed by atoms with van der Waals surface area (Å²) in [5.74, 6) is -0.413. The van der Waals surface area contributed by atoms with Gasteiger partial charge in [0, 0.05) is 22.6 Å². The van der Waals surface area contributed by atoms with Crippen LogP contribution in [0, 0.1) is 0 Å². The molecule has 0 fully saturated rings. The van der Waals surface area contributed by atoms with Crippen molar-refractivity contribution in [3.63, 3.8) is 0 Å². The predicted octanol–water partition coefficient (Wildman–Crippen LogP) is 4.44. The van der Waals surface area contributed by atoms with Crippen LogP contribution in [0.5, 0.6) is 0 Å². The van der Waals surface area contributed by atoms with E-state index in [4.69, 9.17) is 16.0 Å². The number of amides is 1. The van der Waals surface area contributed by atoms with Crippen molar-refractivity contribution >= 4 is 45.3 Å². The number of furan rings is 1. The quantitative estimate of drug-likeness (QED) is 0.395. The summed E-state index contributed by atoms with van der Waals surface area (Å²) in [6.45, 7) is -0.124. The molecule has 1 N–H and O–H groups in total. The molecule has 0 saturated carbocycles. The number of nitrogens with one attached hydrogen (secondary N) is 1. The first-order chi connectivity index (χ1) is 16.5. The summed E-state index contributed by atoms with van der Waals surface area (Å²) in [5.41, 5.74) is 1.30. The summed E-state index contributed by atoms with van der Waals surface area (Å²) in [5, 5.41) is 3.91. The molecule has 0 saturated heterocycles. The monoisotopic (exact) mass is 473 g/mol. The molecule has 170 valence electrons. The number of benzene rings is 3. The molecule has 34 heavy (non-hydrogen) atoms. The van der Waals surface area contributed by atoms with Gasteiger partial charge in [-0.05, 0) is 48.4 Å². The second-order valence-electron chi connectivity index (χ2n) is 7.89. The first-order valence-corrected chi connectivity index (χ1v) is 11.1. The molecule has 0 spiro atoms. The summed E-state index contributed by atoms with van der Waals surface area (Å²) < 4.78 is 8.28. The first-order valence-electron chi connectivity index (χ1n) is 10.8. The smallest absolute Gasteiger partial charge is 0.332 e. The number of nitrogens with zero attached hydrogens (tertiary/aromatic N) is 2. The molecule has 0 radical (unpaired) electrons. The van der Waals surface area contributed by atoms with E-state index in [1.54, 1.807) is 48.5 Å². The van der Waals surface area contributed by atoms with Gasteiger partial charge in [0.1, 0.15) is 17.6 Å². The van der Waals surface area contributed by atoms with Gasteiger partial charge >= 0.3 is 5.69 Å². The molecule has 5 aromatic rings. The van der Waals surface area contributed by atoms with Crippen LogP contribution in [0.1, 0.15) is 5.56 Å². The number of fused-ring (bicyclic) bond motifs is 3. The molecular weight excluding hydrogens is 454 g/mol. The average Bonchev–Trinajstić information content (AvgIpc) is 3.24. The number of carbonyl (C=O) groups excluding carboxylic acids is 1. The molecule has 0 unspecified atom stereocenters. The maximum Gasteiger partial charge on any atom is 0.332 e. The van der Waals surface area contributed by atoms with E-state index in [0.29, 0.717) is 33.6 Å². The molecule has 1 amide bonds. The maximum atomic E-state index is 13.5. The van der Waals surface area contributed by atoms with E-state index in [9.17, 15) is 14.4 Å². The van der Waals surface area contributed by atoms with E-state index in [2.05, 4.69) is 5.32 Å². The van der Waals surface area contributed by atoms with Gasteiger partial charge in [-0.25, -0.2) is 4.79 Å². The Labute approximate surface area is 198 Å². The van der Waals surface area contributed by atoms with Gasteiger partial charge in [-0.2, -0.15) is 0 Å². The van der Waals surface area contributed by atoms with E-state index in [0.717, 1.165) is 10.1 Å². The van der Waals surface area contributed by atoms with Gasteiger partial charge in [0.05, 0.1) is 0 Å². The number of aryl methyl sites for hydroxylation is 1. The van der Waals surface area contributed by atoms with Crippen molar-refractivity contribution in [2.75, 3.05) is 5.32 Å². The molecule has 2 aromatic heterocycles. The number of hydrogen-bond donors (Lipinski definition) is 1. The largest absolute Gasteiger partial charge is 0.449 e. The minimum atomic E-state index is -0.564. The third-order valence-electron chi connectivity index (χ3n) is 5.64. The number of anilines is 1. The van der Waals surface area contributed by atoms with Crippen LogP contribution < -0.4 is 16.6 Å². The fraction of sp³-hybridized carbons (Fsp3) is 0.115. The number of aromatic nitrogens is 2. The van der Waals surface area contributed by atoms with Gasteiger partial charge in [0.15, 0.2) is 0 Å². The SMILES string of the molecule is O=C(Cn1c(=O)n(CCc2ccccc2)c(=O)c2oc3ccccc3c21)Nc1ccc(Cl)cc1. The number of para-hydroxylation sites is 1. The molecule has 0 atom stereocenters. The van der Waals surface area contributed by atoms with Crippen LogP contribution in [0.3, 0.4) is 0 Å². The maximum absolute atomic E-state index is 13.5. The van der Waals surface area contributed by atoms with Crippen LogP contribution in [0.15, 0.2) is 92.9 Å². The molecule has 7 nitrogen and oxygen atoms in total. The Kier molecular flexibility index (Phi) is 5.77. The summed E-state index contributed by atoms with van der Waals surface area (Å²) in [7, 11) is 0. The highest BCUT2D eigenvalue weighted by atomic mass is 35.5. The van der Waals surface area contributed by atoms with E-state index in [1.165, 1.54) is 4.57 Å². The minimum Gasteiger partial charge on any atom is -0.449 e. The molecular formula is C26H20ClN3O4. The molecule has 0 aliphatic carbocycles. The van der Waals surface area contributed by atoms with Crippen molar-refractivity contribution in [1.82, 2.24) is 9.13 Å². The van der Waals surface area contributed by atoms with E-state index >= 15 is 0 Å². The second-order valence-corrected chi connectivity index (χ2v) is 8.33. The van der Waals surface area contributed by atoms with E-state index in [-0.39, 0.29) is 18.7 Å². The van der Waals surface area contributed by atoms with Gasteiger partial charge in [-0.1, -0.05) is 54.1 Å². The predicted molar refractivity (Wildman–Crippen MR) is 132 cm³/mol. The van der Waals surface area contributed by atoms with Gasteiger partial charge in [0.2, 0.25) is 11.5 Å². The van der Waals surface area contributed by atoms with E-state index in [1.807, 2.05) is 30.3 Å². The van der Waals surface area contributed by atoms with Crippen LogP contribution in [0.4, 0.5) is 5.69 Å². The average molecular weight is 474 g/mol. The third kappa shape index (κ3) is 4.13. The van der Waals surface area contributed by atoms with Crippen LogP contribution >= 0.6 is 11.6 Å². The van der Waals surface area contributed by atoms with Crippen molar-refractivity contribution in [1.29, 1.82) is 0 Å². The molecule has 0 bridgehead atoms. The Hall–Kier alpha value is -4.10. The summed E-state index contributed by atoms with van der Waals surface area (Å²) in [6.07, 6.45) is 0.485. The topological polar surface area (TPSA) is 86.2 Å². The van der Waals surface area contributed by atoms with Gasteiger partial charge in [-0.15, -0.1) is 0 Å². The Balaban J connectivity index is 1.59.